The molecule has 2 aromatic carbocycles. The largest absolute Gasteiger partial charge is 0.480 e. The molecule has 1 N–H and O–H groups in total. The molecule has 0 bridgehead atoms. The van der Waals surface area contributed by atoms with E-state index in [0.717, 1.165) is 9.84 Å². The van der Waals surface area contributed by atoms with E-state index < -0.39 is 27.3 Å². The van der Waals surface area contributed by atoms with E-state index in [0.29, 0.717) is 16.8 Å². The van der Waals surface area contributed by atoms with Crippen molar-refractivity contribution in [3.05, 3.63) is 77.3 Å². The zero-order chi connectivity index (χ0) is 18.0. The molecule has 2 atom stereocenters. The summed E-state index contributed by atoms with van der Waals surface area (Å²) in [6.07, 6.45) is 1.49. The summed E-state index contributed by atoms with van der Waals surface area (Å²) >= 11 is 5.68. The average molecular weight is 378 g/mol. The van der Waals surface area contributed by atoms with Gasteiger partial charge in [0.05, 0.1) is 5.69 Å². The molecular formula is C18H16ClNO4S. The predicted molar refractivity (Wildman–Crippen MR) is 97.1 cm³/mol. The maximum absolute atomic E-state index is 13.4. The van der Waals surface area contributed by atoms with E-state index in [2.05, 4.69) is 0 Å². The van der Waals surface area contributed by atoms with E-state index in [1.165, 1.54) is 6.08 Å². The Bertz CT molecular complexity index is 912. The topological polar surface area (TPSA) is 74.7 Å². The molecule has 130 valence electrons. The van der Waals surface area contributed by atoms with Crippen LogP contribution in [0, 0.1) is 0 Å². The Balaban J connectivity index is 2.15. The number of hydrogen-bond donors (Lipinski definition) is 1. The van der Waals surface area contributed by atoms with Crippen LogP contribution in [0.2, 0.25) is 0 Å². The second-order valence-corrected chi connectivity index (χ2v) is 7.86. The van der Waals surface area contributed by atoms with Gasteiger partial charge < -0.3 is 5.11 Å². The molecule has 5 nitrogen and oxygen atoms in total. The van der Waals surface area contributed by atoms with E-state index in [9.17, 15) is 18.3 Å². The minimum Gasteiger partial charge on any atom is -0.480 e. The maximum atomic E-state index is 13.4. The third kappa shape index (κ3) is 3.15. The fourth-order valence-electron chi connectivity index (χ4n) is 3.07. The number of fused-ring (bicyclic) bond motifs is 1. The molecule has 0 saturated carbocycles. The lowest BCUT2D eigenvalue weighted by atomic mass is 10.1. The summed E-state index contributed by atoms with van der Waals surface area (Å²) < 4.78 is 27.7. The van der Waals surface area contributed by atoms with Crippen molar-refractivity contribution in [2.45, 2.75) is 17.7 Å². The number of carboxylic acids is 1. The molecule has 2 unspecified atom stereocenters. The van der Waals surface area contributed by atoms with Crippen LogP contribution in [-0.4, -0.2) is 25.5 Å². The monoisotopic (exact) mass is 377 g/mol. The Morgan fingerprint density at radius 3 is 2.44 bits per heavy atom. The Morgan fingerprint density at radius 2 is 1.80 bits per heavy atom. The summed E-state index contributed by atoms with van der Waals surface area (Å²) in [5.74, 6) is -1.18. The fourth-order valence-corrected chi connectivity index (χ4v) is 5.30. The van der Waals surface area contributed by atoms with Crippen LogP contribution in [0.5, 0.6) is 0 Å². The number of anilines is 1. The summed E-state index contributed by atoms with van der Waals surface area (Å²) in [4.78, 5) is 11.7. The number of halogens is 1. The lowest BCUT2D eigenvalue weighted by Crippen LogP contribution is -2.44. The van der Waals surface area contributed by atoms with Crippen LogP contribution < -0.4 is 4.31 Å². The Hall–Kier alpha value is -2.31. The van der Waals surface area contributed by atoms with Crippen molar-refractivity contribution in [1.29, 1.82) is 0 Å². The van der Waals surface area contributed by atoms with Crippen molar-refractivity contribution in [2.75, 3.05) is 4.31 Å². The molecule has 3 rings (SSSR count). The minimum absolute atomic E-state index is 0.136. The van der Waals surface area contributed by atoms with Gasteiger partial charge in [-0.15, -0.1) is 0 Å². The van der Waals surface area contributed by atoms with Gasteiger partial charge in [-0.25, -0.2) is 13.2 Å². The molecule has 7 heteroatoms. The molecule has 0 amide bonds. The number of para-hydroxylation sites is 1. The molecule has 25 heavy (non-hydrogen) atoms. The van der Waals surface area contributed by atoms with Crippen LogP contribution in [0.4, 0.5) is 5.69 Å². The molecule has 0 aliphatic carbocycles. The number of hydrogen-bond acceptors (Lipinski definition) is 3. The van der Waals surface area contributed by atoms with E-state index in [1.54, 1.807) is 54.6 Å². The second-order valence-electron chi connectivity index (χ2n) is 5.68. The lowest BCUT2D eigenvalue weighted by Gasteiger charge is -2.28. The van der Waals surface area contributed by atoms with Gasteiger partial charge in [0.15, 0.2) is 0 Å². The van der Waals surface area contributed by atoms with Gasteiger partial charge in [0.25, 0.3) is 0 Å². The second kappa shape index (κ2) is 6.90. The zero-order valence-corrected chi connectivity index (χ0v) is 14.7. The van der Waals surface area contributed by atoms with Crippen molar-refractivity contribution < 1.29 is 18.3 Å². The zero-order valence-electron chi connectivity index (χ0n) is 13.1. The smallest absolute Gasteiger partial charge is 0.327 e. The number of nitrogens with zero attached hydrogens (tertiary/aromatic N) is 1. The SMILES string of the molecule is O=C(O)C1Cc2ccccc2N1S(=O)(=O)C(C=CCl)c1ccccc1. The summed E-state index contributed by atoms with van der Waals surface area (Å²) in [5, 5.41) is 8.48. The van der Waals surface area contributed by atoms with Crippen LogP contribution >= 0.6 is 11.6 Å². The van der Waals surface area contributed by atoms with Crippen LogP contribution in [0.25, 0.3) is 0 Å². The van der Waals surface area contributed by atoms with Gasteiger partial charge in [-0.05, 0) is 23.3 Å². The van der Waals surface area contributed by atoms with Gasteiger partial charge in [0, 0.05) is 12.0 Å². The predicted octanol–water partition coefficient (Wildman–Crippen LogP) is 3.33. The summed E-state index contributed by atoms with van der Waals surface area (Å²) in [6, 6.07) is 14.3. The summed E-state index contributed by atoms with van der Waals surface area (Å²) in [7, 11) is -4.04. The maximum Gasteiger partial charge on any atom is 0.327 e. The van der Waals surface area contributed by atoms with Gasteiger partial charge in [-0.2, -0.15) is 0 Å². The highest BCUT2D eigenvalue weighted by atomic mass is 35.5. The first kappa shape index (κ1) is 17.5. The van der Waals surface area contributed by atoms with Crippen molar-refractivity contribution in [2.24, 2.45) is 0 Å². The Morgan fingerprint density at radius 1 is 1.16 bits per heavy atom. The first-order valence-corrected chi connectivity index (χ1v) is 9.56. The first-order valence-electron chi connectivity index (χ1n) is 7.62. The summed E-state index contributed by atoms with van der Waals surface area (Å²) in [6.45, 7) is 0. The molecule has 0 fully saturated rings. The highest BCUT2D eigenvalue weighted by Crippen LogP contribution is 2.39. The van der Waals surface area contributed by atoms with Crippen LogP contribution in [0.1, 0.15) is 16.4 Å². The molecule has 1 aliphatic heterocycles. The van der Waals surface area contributed by atoms with Crippen molar-refractivity contribution in [3.63, 3.8) is 0 Å². The molecule has 2 aromatic rings. The fraction of sp³-hybridized carbons (Fsp3) is 0.167. The number of carboxylic acid groups (broad SMARTS) is 1. The van der Waals surface area contributed by atoms with E-state index in [4.69, 9.17) is 11.6 Å². The number of sulfonamides is 1. The third-order valence-corrected chi connectivity index (χ3v) is 6.40. The van der Waals surface area contributed by atoms with Crippen LogP contribution in [-0.2, 0) is 21.2 Å². The van der Waals surface area contributed by atoms with E-state index >= 15 is 0 Å². The highest BCUT2D eigenvalue weighted by Gasteiger charge is 2.44. The molecule has 0 radical (unpaired) electrons. The van der Waals surface area contributed by atoms with Gasteiger partial charge in [0.1, 0.15) is 11.3 Å². The van der Waals surface area contributed by atoms with Crippen LogP contribution in [0.15, 0.2) is 66.2 Å². The van der Waals surface area contributed by atoms with Gasteiger partial charge in [-0.1, -0.05) is 60.1 Å². The number of aliphatic carboxylic acids is 1. The lowest BCUT2D eigenvalue weighted by molar-refractivity contribution is -0.138. The van der Waals surface area contributed by atoms with Gasteiger partial charge in [0.2, 0.25) is 10.0 Å². The number of benzene rings is 2. The normalized spacial score (nSPS) is 18.3. The number of carbonyl (C=O) groups is 1. The minimum atomic E-state index is -4.04. The van der Waals surface area contributed by atoms with E-state index in [-0.39, 0.29) is 6.42 Å². The van der Waals surface area contributed by atoms with E-state index in [1.807, 2.05) is 0 Å². The molecular weight excluding hydrogens is 362 g/mol. The number of rotatable bonds is 5. The van der Waals surface area contributed by atoms with Gasteiger partial charge >= 0.3 is 5.97 Å². The summed E-state index contributed by atoms with van der Waals surface area (Å²) in [5.41, 5.74) is 2.76. The van der Waals surface area contributed by atoms with Crippen molar-refractivity contribution >= 4 is 33.3 Å². The van der Waals surface area contributed by atoms with Crippen molar-refractivity contribution in [3.8, 4) is 0 Å². The van der Waals surface area contributed by atoms with Crippen molar-refractivity contribution in [1.82, 2.24) is 0 Å². The molecule has 1 aliphatic rings. The Labute approximate surface area is 151 Å². The quantitative estimate of drug-likeness (QED) is 0.867. The molecule has 0 spiro atoms. The molecule has 0 aromatic heterocycles. The first-order chi connectivity index (χ1) is 12.0. The standard InChI is InChI=1S/C18H16ClNO4S/c19-11-10-17(13-6-2-1-3-7-13)25(23,24)20-15-9-5-4-8-14(15)12-16(20)18(21)22/h1-11,16-17H,12H2,(H,21,22). The third-order valence-electron chi connectivity index (χ3n) is 4.18. The van der Waals surface area contributed by atoms with Crippen LogP contribution in [0.3, 0.4) is 0 Å². The Kier molecular flexibility index (Phi) is 4.83. The highest BCUT2D eigenvalue weighted by molar-refractivity contribution is 7.93. The molecule has 1 heterocycles. The average Bonchev–Trinajstić information content (AvgIpc) is 3.01. The molecule has 0 saturated heterocycles. The van der Waals surface area contributed by atoms with Gasteiger partial charge in [-0.3, -0.25) is 4.31 Å².